The average Bonchev–Trinajstić information content (AvgIpc) is 0.770. The van der Waals surface area contributed by atoms with Crippen molar-refractivity contribution in [1.82, 2.24) is 9.88 Å². The van der Waals surface area contributed by atoms with Crippen LogP contribution in [0.1, 0.15) is 128 Å². The van der Waals surface area contributed by atoms with Gasteiger partial charge in [-0.1, -0.05) is 6.08 Å². The highest BCUT2D eigenvalue weighted by Crippen LogP contribution is 2.50. The molecule has 4 aliphatic rings. The normalized spacial score (nSPS) is 17.2. The molecule has 1 unspecified atom stereocenters. The number of hydrogen-bond acceptors (Lipinski definition) is 50. The zero-order valence-electron chi connectivity index (χ0n) is 74.0. The van der Waals surface area contributed by atoms with Gasteiger partial charge in [0.1, 0.15) is 18.5 Å². The first-order chi connectivity index (χ1) is 69.1. The van der Waals surface area contributed by atoms with E-state index >= 15 is 14.4 Å². The molecule has 2 bridgehead atoms. The number of aromatic nitrogens is 1. The van der Waals surface area contributed by atoms with Gasteiger partial charge in [-0.05, 0) is 182 Å². The lowest BCUT2D eigenvalue weighted by molar-refractivity contribution is -0.282. The number of benzene rings is 11. The molecule has 0 spiro atoms. The number of rotatable bonds is 25. The van der Waals surface area contributed by atoms with Crippen LogP contribution in [0, 0.1) is 11.8 Å². The first-order valence-electron chi connectivity index (χ1n) is 41.9. The van der Waals surface area contributed by atoms with Gasteiger partial charge in [-0.3, -0.25) is 9.88 Å². The van der Waals surface area contributed by atoms with Crippen molar-refractivity contribution in [3.63, 3.8) is 0 Å². The van der Waals surface area contributed by atoms with Crippen LogP contribution in [-0.2, 0) is 28.4 Å². The second kappa shape index (κ2) is 41.2. The number of piperidine rings is 3. The number of nitrogens with zero attached hydrogens (tertiary/aromatic N) is 2. The van der Waals surface area contributed by atoms with Gasteiger partial charge in [-0.25, -0.2) is 47.9 Å². The molecule has 4 fully saturated rings. The molecule has 12 aromatic rings. The number of hydrogen-bond donors (Lipinski definition) is 26. The maximum absolute atomic E-state index is 15.3. The van der Waals surface area contributed by atoms with Crippen LogP contribution in [0.5, 0.6) is 178 Å². The predicted molar refractivity (Wildman–Crippen MR) is 478 cm³/mol. The maximum Gasteiger partial charge on any atom is 0.343 e. The SMILES string of the molecule is C=C[C@H]1CN2CC[C@H]1C[C@H]2[C@H](O)c1ccnc2ccc(OC)cc12.O=C(OC[C@H]1O[C@@H](OC(=O)c2cc(O)c(O)c(OC(=O)c3cc(O)c(O)c(O)c3)c2)[C@H](OC(=O)c2cc(O)c(O)c(OC(=O)c3cc(O)c(O)c(O)c3)c2)[C@@H](OC(=O)c2cc(O)c(O)c(OC(=O)c3cc(O)c(O)c(O)c3)c2)[C@@H]1OC(=O)c1cc(O)c(O)c(OC(=O)c2cc(O)c(O)c(O)c2)c1)c1cc(O)c(O)c(OC(=O)c2cc(O)c(O)c(O)c2)c1. The summed E-state index contributed by atoms with van der Waals surface area (Å²) in [5.74, 6) is -54.0. The second-order valence-electron chi connectivity index (χ2n) is 32.1. The lowest BCUT2D eigenvalue weighted by atomic mass is 9.73. The fraction of sp³-hybridized carbons (Fsp3) is 0.156. The number of carbonyl (C=O) groups is 10. The summed E-state index contributed by atoms with van der Waals surface area (Å²) in [6.45, 7) is 4.36. The molecule has 146 heavy (non-hydrogen) atoms. The molecular formula is C96H76N2O48. The Labute approximate surface area is 812 Å². The largest absolute Gasteiger partial charge is 0.504 e. The van der Waals surface area contributed by atoms with Crippen molar-refractivity contribution in [3.05, 3.63) is 226 Å². The van der Waals surface area contributed by atoms with Crippen molar-refractivity contribution in [3.8, 4) is 178 Å². The van der Waals surface area contributed by atoms with Gasteiger partial charge in [0.25, 0.3) is 0 Å². The standard InChI is InChI=1S/C76H52O46.C20H24N2O2/c77-32-1-22(2-33(78)53(32)92)67(103)113-47-16-27(11-42(87)58(47)97)66(102)112-21-52-63(119-72(108)28-12-43(88)59(98)48(17-28)114-68(104)23-3-34(79)54(93)35(80)4-23)64(120-73(109)29-13-44(89)60(99)49(18-29)115-69(105)24-5-36(81)55(94)37(82)6-24)65(121-74(110)30-14-45(90)61(100)50(19-30)116-70(106)25-7-38(83)56(95)39(84)8-25)76(118-52)122-75(111)31-15-46(91)62(101)51(20-31)117-71(107)26-9-40(85)57(96)41(86)10-26;1-3-13-12-22-9-7-14(13)10-19(22)20(23)16-6-8-21-18-5-4-15(24-2)11-17(16)18/h1-20,52,63-65,76-101H,21H2;3-6,8,11,13-14,19-20,23H,1,7,9-10,12H2,2H3/t52-,63-,64+,65-,76+;13-,14-,19-,20+/m10/s1. The lowest BCUT2D eigenvalue weighted by Gasteiger charge is -2.50. The van der Waals surface area contributed by atoms with Crippen LogP contribution < -0.4 is 28.4 Å². The zero-order valence-corrected chi connectivity index (χ0v) is 74.0. The molecule has 26 N–H and O–H groups in total. The third-order valence-corrected chi connectivity index (χ3v) is 22.7. The van der Waals surface area contributed by atoms with Gasteiger partial charge < -0.3 is 190 Å². The van der Waals surface area contributed by atoms with Crippen LogP contribution in [0.2, 0.25) is 0 Å². The molecular weight excluding hydrogens is 1950 g/mol. The number of aromatic hydroxyl groups is 25. The number of aliphatic hydroxyl groups excluding tert-OH is 1. The number of carbonyl (C=O) groups excluding carboxylic acids is 10. The molecule has 16 rings (SSSR count). The number of methoxy groups -OCH3 is 1. The van der Waals surface area contributed by atoms with Gasteiger partial charge in [-0.2, -0.15) is 0 Å². The number of esters is 10. The highest BCUT2D eigenvalue weighted by atomic mass is 16.8. The first-order valence-corrected chi connectivity index (χ1v) is 41.9. The second-order valence-corrected chi connectivity index (χ2v) is 32.1. The summed E-state index contributed by atoms with van der Waals surface area (Å²) in [7, 11) is 1.66. The molecule has 50 heteroatoms. The molecule has 11 aromatic carbocycles. The van der Waals surface area contributed by atoms with E-state index < -0.39 is 331 Å². The zero-order chi connectivity index (χ0) is 106. The van der Waals surface area contributed by atoms with E-state index in [9.17, 15) is 166 Å². The molecule has 4 aliphatic heterocycles. The monoisotopic (exact) mass is 2020 g/mol. The predicted octanol–water partition coefficient (Wildman–Crippen LogP) is 8.01. The van der Waals surface area contributed by atoms with Crippen LogP contribution in [0.4, 0.5) is 0 Å². The highest BCUT2D eigenvalue weighted by Gasteiger charge is 2.56. The van der Waals surface area contributed by atoms with E-state index in [2.05, 4.69) is 22.5 Å². The van der Waals surface area contributed by atoms with Gasteiger partial charge in [0, 0.05) is 24.2 Å². The maximum atomic E-state index is 15.3. The van der Waals surface area contributed by atoms with Crippen molar-refractivity contribution < 1.29 is 238 Å². The summed E-state index contributed by atoms with van der Waals surface area (Å²) in [6.07, 6.45) is -9.43. The third-order valence-electron chi connectivity index (χ3n) is 22.7. The van der Waals surface area contributed by atoms with Crippen LogP contribution >= 0.6 is 0 Å². The van der Waals surface area contributed by atoms with Crippen molar-refractivity contribution in [1.29, 1.82) is 0 Å². The summed E-state index contributed by atoms with van der Waals surface area (Å²) in [5, 5.41) is 273. The Morgan fingerprint density at radius 3 is 0.952 bits per heavy atom. The number of phenols is 25. The molecule has 5 heterocycles. The van der Waals surface area contributed by atoms with Crippen molar-refractivity contribution in [2.24, 2.45) is 11.8 Å². The Morgan fingerprint density at radius 2 is 0.651 bits per heavy atom. The van der Waals surface area contributed by atoms with Gasteiger partial charge in [0.05, 0.1) is 74.4 Å². The van der Waals surface area contributed by atoms with Crippen molar-refractivity contribution >= 4 is 70.6 Å². The summed E-state index contributed by atoms with van der Waals surface area (Å²) in [4.78, 5) is 149. The molecule has 0 aliphatic carbocycles. The van der Waals surface area contributed by atoms with Crippen molar-refractivity contribution in [2.75, 3.05) is 26.8 Å². The minimum atomic E-state index is -3.12. The number of ether oxygens (including phenoxy) is 12. The van der Waals surface area contributed by atoms with Gasteiger partial charge in [0.15, 0.2) is 156 Å². The van der Waals surface area contributed by atoms with Crippen LogP contribution in [0.25, 0.3) is 10.9 Å². The third kappa shape index (κ3) is 21.2. The van der Waals surface area contributed by atoms with Crippen LogP contribution in [0.15, 0.2) is 164 Å². The minimum absolute atomic E-state index is 0.178. The molecule has 0 radical (unpaired) electrons. The number of phenolic OH excluding ortho intramolecular Hbond substituents is 25. The molecule has 4 saturated heterocycles. The lowest BCUT2D eigenvalue weighted by Crippen LogP contribution is -2.63. The number of aliphatic hydroxyl groups is 1. The Kier molecular flexibility index (Phi) is 28.7. The molecule has 0 amide bonds. The number of fused-ring (bicyclic) bond motifs is 4. The molecule has 50 nitrogen and oxygen atoms in total. The van der Waals surface area contributed by atoms with E-state index in [-0.39, 0.29) is 6.04 Å². The average molecular weight is 2030 g/mol. The van der Waals surface area contributed by atoms with E-state index in [0.717, 1.165) is 41.7 Å². The van der Waals surface area contributed by atoms with Crippen LogP contribution in [-0.4, -0.2) is 266 Å². The Balaban J connectivity index is 0.000000606. The van der Waals surface area contributed by atoms with Gasteiger partial charge in [-0.15, -0.1) is 6.58 Å². The Hall–Kier alpha value is -20.0. The van der Waals surface area contributed by atoms with Crippen LogP contribution in [0.3, 0.4) is 0 Å². The molecule has 1 aromatic heterocycles. The van der Waals surface area contributed by atoms with Crippen molar-refractivity contribution in [2.45, 2.75) is 55.7 Å². The summed E-state index contributed by atoms with van der Waals surface area (Å²) in [5.41, 5.74) is -8.04. The highest BCUT2D eigenvalue weighted by molar-refractivity contribution is 6.01. The molecule has 0 saturated carbocycles. The summed E-state index contributed by atoms with van der Waals surface area (Å²) >= 11 is 0. The number of pyridine rings is 1. The summed E-state index contributed by atoms with van der Waals surface area (Å²) < 4.78 is 65.8. The fourth-order valence-electron chi connectivity index (χ4n) is 15.3. The topological polar surface area (TPSA) is 824 Å². The minimum Gasteiger partial charge on any atom is -0.504 e. The van der Waals surface area contributed by atoms with E-state index in [4.69, 9.17) is 56.8 Å². The van der Waals surface area contributed by atoms with E-state index in [0.29, 0.717) is 133 Å². The summed E-state index contributed by atoms with van der Waals surface area (Å²) in [6, 6.07) is 16.5. The fourth-order valence-corrected chi connectivity index (χ4v) is 15.3. The van der Waals surface area contributed by atoms with E-state index in [1.807, 2.05) is 24.3 Å². The smallest absolute Gasteiger partial charge is 0.343 e. The van der Waals surface area contributed by atoms with E-state index in [1.165, 1.54) is 6.42 Å². The molecule has 758 valence electrons. The molecule has 10 atom stereocenters. The van der Waals surface area contributed by atoms with Gasteiger partial charge >= 0.3 is 59.7 Å². The Morgan fingerprint density at radius 1 is 0.363 bits per heavy atom. The quantitative estimate of drug-likeness (QED) is 0.00846. The van der Waals surface area contributed by atoms with E-state index in [1.54, 1.807) is 13.3 Å². The first kappa shape index (κ1) is 102. The van der Waals surface area contributed by atoms with Gasteiger partial charge in [0.2, 0.25) is 41.1 Å². The Bertz CT molecular complexity index is 7260.